The highest BCUT2D eigenvalue weighted by Crippen LogP contribution is 2.29. The van der Waals surface area contributed by atoms with Crippen molar-refractivity contribution in [1.82, 2.24) is 10.6 Å². The van der Waals surface area contributed by atoms with Crippen molar-refractivity contribution < 1.29 is 9.59 Å². The van der Waals surface area contributed by atoms with E-state index in [-0.39, 0.29) is 11.8 Å². The van der Waals surface area contributed by atoms with E-state index in [1.165, 1.54) is 25.7 Å². The van der Waals surface area contributed by atoms with Gasteiger partial charge >= 0.3 is 0 Å². The Labute approximate surface area is 148 Å². The van der Waals surface area contributed by atoms with Gasteiger partial charge in [0.05, 0.1) is 0 Å². The Hall–Kier alpha value is -1.58. The van der Waals surface area contributed by atoms with Crippen molar-refractivity contribution >= 4 is 11.8 Å². The second kappa shape index (κ2) is 13.8. The Bertz CT molecular complexity index is 384. The predicted octanol–water partition coefficient (Wildman–Crippen LogP) is 4.13. The molecule has 0 heterocycles. The van der Waals surface area contributed by atoms with Crippen molar-refractivity contribution in [2.45, 2.75) is 72.1 Å². The van der Waals surface area contributed by atoms with Gasteiger partial charge in [0.2, 0.25) is 11.8 Å². The molecule has 0 aromatic carbocycles. The smallest absolute Gasteiger partial charge is 0.236 e. The second-order valence-electron chi connectivity index (χ2n) is 6.17. The lowest BCUT2D eigenvalue weighted by atomic mass is 9.78. The highest BCUT2D eigenvalue weighted by atomic mass is 16.2. The zero-order valence-corrected chi connectivity index (χ0v) is 15.8. The average Bonchev–Trinajstić information content (AvgIpc) is 2.56. The summed E-state index contributed by atoms with van der Waals surface area (Å²) in [4.78, 5) is 25.1. The van der Waals surface area contributed by atoms with Crippen molar-refractivity contribution in [3.05, 3.63) is 24.8 Å². The second-order valence-corrected chi connectivity index (χ2v) is 6.17. The number of amides is 2. The van der Waals surface area contributed by atoms with Crippen LogP contribution >= 0.6 is 0 Å². The quantitative estimate of drug-likeness (QED) is 0.285. The molecule has 0 aliphatic carbocycles. The van der Waals surface area contributed by atoms with Crippen LogP contribution < -0.4 is 10.6 Å². The van der Waals surface area contributed by atoms with Crippen molar-refractivity contribution in [2.75, 3.05) is 13.1 Å². The van der Waals surface area contributed by atoms with E-state index >= 15 is 0 Å². The molecule has 0 radical (unpaired) electrons. The molecule has 24 heavy (non-hydrogen) atoms. The summed E-state index contributed by atoms with van der Waals surface area (Å²) >= 11 is 0. The highest BCUT2D eigenvalue weighted by Gasteiger charge is 2.43. The van der Waals surface area contributed by atoms with E-state index in [9.17, 15) is 9.59 Å². The number of allylic oxidation sites excluding steroid dienone is 3. The van der Waals surface area contributed by atoms with Crippen LogP contribution in [0.1, 0.15) is 72.1 Å². The van der Waals surface area contributed by atoms with Crippen molar-refractivity contribution in [2.24, 2.45) is 5.41 Å². The minimum absolute atomic E-state index is 0.219. The van der Waals surface area contributed by atoms with Gasteiger partial charge in [-0.2, -0.15) is 0 Å². The van der Waals surface area contributed by atoms with Gasteiger partial charge in [0, 0.05) is 13.1 Å². The summed E-state index contributed by atoms with van der Waals surface area (Å²) in [6.45, 7) is 10.7. The lowest BCUT2D eigenvalue weighted by Gasteiger charge is -2.29. The summed E-state index contributed by atoms with van der Waals surface area (Å²) in [6.07, 6.45) is 13.7. The van der Waals surface area contributed by atoms with E-state index in [4.69, 9.17) is 0 Å². The van der Waals surface area contributed by atoms with E-state index in [0.717, 1.165) is 12.8 Å². The van der Waals surface area contributed by atoms with E-state index in [1.54, 1.807) is 6.08 Å². The maximum atomic E-state index is 12.6. The van der Waals surface area contributed by atoms with Crippen LogP contribution in [0.25, 0.3) is 0 Å². The molecule has 0 atom stereocenters. The van der Waals surface area contributed by atoms with Crippen LogP contribution in [0.5, 0.6) is 0 Å². The van der Waals surface area contributed by atoms with Gasteiger partial charge in [-0.25, -0.2) is 0 Å². The number of rotatable bonds is 14. The normalized spacial score (nSPS) is 11.5. The van der Waals surface area contributed by atoms with Crippen LogP contribution in [0, 0.1) is 5.41 Å². The SMILES string of the molecule is C=CCC(C/C=C/CCCCCCC)(C(=O)NCC)C(=O)NCC. The van der Waals surface area contributed by atoms with Crippen LogP contribution in [0.4, 0.5) is 0 Å². The molecule has 0 bridgehead atoms. The molecule has 0 aliphatic rings. The Kier molecular flexibility index (Phi) is 12.9. The van der Waals surface area contributed by atoms with Gasteiger partial charge in [0.25, 0.3) is 0 Å². The fraction of sp³-hybridized carbons (Fsp3) is 0.700. The molecule has 0 aromatic heterocycles. The first-order valence-electron chi connectivity index (χ1n) is 9.41. The maximum absolute atomic E-state index is 12.6. The topological polar surface area (TPSA) is 58.2 Å². The number of nitrogens with one attached hydrogen (secondary N) is 2. The fourth-order valence-electron chi connectivity index (χ4n) is 2.73. The largest absolute Gasteiger partial charge is 0.355 e. The monoisotopic (exact) mass is 336 g/mol. The van der Waals surface area contributed by atoms with E-state index < -0.39 is 5.41 Å². The third-order valence-corrected chi connectivity index (χ3v) is 4.14. The lowest BCUT2D eigenvalue weighted by Crippen LogP contribution is -2.51. The molecule has 0 aliphatic heterocycles. The number of carbonyl (C=O) groups excluding carboxylic acids is 2. The summed E-state index contributed by atoms with van der Waals surface area (Å²) in [5, 5.41) is 5.61. The van der Waals surface area contributed by atoms with Gasteiger partial charge < -0.3 is 10.6 Å². The molecule has 4 nitrogen and oxygen atoms in total. The van der Waals surface area contributed by atoms with Crippen molar-refractivity contribution in [3.63, 3.8) is 0 Å². The molecule has 0 saturated heterocycles. The molecule has 0 spiro atoms. The zero-order chi connectivity index (χ0) is 18.3. The Morgan fingerprint density at radius 2 is 1.46 bits per heavy atom. The molecule has 2 N–H and O–H groups in total. The number of carbonyl (C=O) groups is 2. The van der Waals surface area contributed by atoms with Crippen molar-refractivity contribution in [1.29, 1.82) is 0 Å². The van der Waals surface area contributed by atoms with Crippen LogP contribution in [-0.2, 0) is 9.59 Å². The molecule has 0 rings (SSSR count). The molecule has 0 unspecified atom stereocenters. The minimum Gasteiger partial charge on any atom is -0.355 e. The number of hydrogen-bond donors (Lipinski definition) is 2. The van der Waals surface area contributed by atoms with Gasteiger partial charge in [-0.05, 0) is 39.5 Å². The lowest BCUT2D eigenvalue weighted by molar-refractivity contribution is -0.143. The highest BCUT2D eigenvalue weighted by molar-refractivity contribution is 6.05. The van der Waals surface area contributed by atoms with E-state index in [2.05, 4.69) is 30.2 Å². The van der Waals surface area contributed by atoms with Crippen LogP contribution in [-0.4, -0.2) is 24.9 Å². The molecular formula is C20H36N2O2. The third-order valence-electron chi connectivity index (χ3n) is 4.14. The Balaban J connectivity index is 4.82. The summed E-state index contributed by atoms with van der Waals surface area (Å²) < 4.78 is 0. The molecule has 0 fully saturated rings. The molecule has 0 saturated carbocycles. The molecule has 138 valence electrons. The standard InChI is InChI=1S/C20H36N2O2/c1-5-9-10-11-12-13-14-15-17-20(16-6-2,18(23)21-7-3)19(24)22-8-4/h6,14-15H,2,5,7-13,16-17H2,1,3-4H3,(H,21,23)(H,22,24)/b15-14+. The van der Waals surface area contributed by atoms with Crippen LogP contribution in [0.2, 0.25) is 0 Å². The third kappa shape index (κ3) is 7.80. The summed E-state index contributed by atoms with van der Waals surface area (Å²) in [6, 6.07) is 0. The zero-order valence-electron chi connectivity index (χ0n) is 15.8. The van der Waals surface area contributed by atoms with Crippen LogP contribution in [0.15, 0.2) is 24.8 Å². The van der Waals surface area contributed by atoms with Crippen molar-refractivity contribution in [3.8, 4) is 0 Å². The molecule has 0 aromatic rings. The average molecular weight is 337 g/mol. The van der Waals surface area contributed by atoms with Gasteiger partial charge in [0.15, 0.2) is 0 Å². The summed E-state index contributed by atoms with van der Waals surface area (Å²) in [5.41, 5.74) is -1.09. The van der Waals surface area contributed by atoms with Gasteiger partial charge in [0.1, 0.15) is 5.41 Å². The number of unbranched alkanes of at least 4 members (excludes halogenated alkanes) is 5. The summed E-state index contributed by atoms with van der Waals surface area (Å²) in [7, 11) is 0. The van der Waals surface area contributed by atoms with Gasteiger partial charge in [-0.15, -0.1) is 6.58 Å². The Morgan fingerprint density at radius 1 is 0.875 bits per heavy atom. The molecule has 4 heteroatoms. The number of hydrogen-bond acceptors (Lipinski definition) is 2. The summed E-state index contributed by atoms with van der Waals surface area (Å²) in [5.74, 6) is -0.438. The van der Waals surface area contributed by atoms with E-state index in [0.29, 0.717) is 25.9 Å². The first-order valence-corrected chi connectivity index (χ1v) is 9.41. The fourth-order valence-corrected chi connectivity index (χ4v) is 2.73. The molecule has 2 amide bonds. The predicted molar refractivity (Wildman–Crippen MR) is 102 cm³/mol. The van der Waals surface area contributed by atoms with Gasteiger partial charge in [-0.3, -0.25) is 9.59 Å². The van der Waals surface area contributed by atoms with Crippen LogP contribution in [0.3, 0.4) is 0 Å². The maximum Gasteiger partial charge on any atom is 0.236 e. The first kappa shape index (κ1) is 22.4. The van der Waals surface area contributed by atoms with Gasteiger partial charge in [-0.1, -0.05) is 50.8 Å². The Morgan fingerprint density at radius 3 is 1.96 bits per heavy atom. The minimum atomic E-state index is -1.09. The first-order chi connectivity index (χ1) is 11.6. The molecular weight excluding hydrogens is 300 g/mol. The van der Waals surface area contributed by atoms with E-state index in [1.807, 2.05) is 19.9 Å².